The molecule has 0 radical (unpaired) electrons. The molecule has 1 aliphatic rings. The minimum atomic E-state index is -0.187. The third-order valence-electron chi connectivity index (χ3n) is 4.09. The summed E-state index contributed by atoms with van der Waals surface area (Å²) in [5.41, 5.74) is 0.919. The van der Waals surface area contributed by atoms with Crippen LogP contribution in [-0.4, -0.2) is 51.1 Å². The van der Waals surface area contributed by atoms with Crippen molar-refractivity contribution in [2.24, 2.45) is 4.99 Å². The number of hydrogen-bond donors (Lipinski definition) is 2. The molecule has 1 aliphatic heterocycles. The standard InChI is InChI=1S/C18H26N4O3/c1-19-18(20-11-7-6-10-17(24)25-2)21-14-12-16(23)22(13-14)15-8-4-3-5-9-15/h3-5,8-9,14H,6-7,10-13H2,1-2H3,(H2,19,20,21). The van der Waals surface area contributed by atoms with Gasteiger partial charge in [-0.3, -0.25) is 14.6 Å². The van der Waals surface area contributed by atoms with E-state index in [2.05, 4.69) is 20.4 Å². The number of carbonyl (C=O) groups excluding carboxylic acids is 2. The summed E-state index contributed by atoms with van der Waals surface area (Å²) in [4.78, 5) is 29.3. The molecule has 0 bridgehead atoms. The first-order chi connectivity index (χ1) is 12.1. The number of nitrogens with zero attached hydrogens (tertiary/aromatic N) is 2. The third-order valence-corrected chi connectivity index (χ3v) is 4.09. The van der Waals surface area contributed by atoms with Crippen molar-refractivity contribution in [1.29, 1.82) is 0 Å². The first kappa shape index (κ1) is 18.8. The van der Waals surface area contributed by atoms with E-state index in [1.165, 1.54) is 7.11 Å². The third kappa shape index (κ3) is 5.77. The van der Waals surface area contributed by atoms with Gasteiger partial charge >= 0.3 is 5.97 Å². The van der Waals surface area contributed by atoms with Gasteiger partial charge in [-0.15, -0.1) is 0 Å². The second-order valence-electron chi connectivity index (χ2n) is 5.92. The zero-order chi connectivity index (χ0) is 18.1. The van der Waals surface area contributed by atoms with E-state index in [-0.39, 0.29) is 17.9 Å². The van der Waals surface area contributed by atoms with E-state index in [1.54, 1.807) is 11.9 Å². The van der Waals surface area contributed by atoms with Crippen LogP contribution in [0, 0.1) is 0 Å². The van der Waals surface area contributed by atoms with Gasteiger partial charge in [0.05, 0.1) is 13.2 Å². The van der Waals surface area contributed by atoms with Crippen molar-refractivity contribution < 1.29 is 14.3 Å². The number of aliphatic imine (C=N–C) groups is 1. The van der Waals surface area contributed by atoms with E-state index in [9.17, 15) is 9.59 Å². The van der Waals surface area contributed by atoms with E-state index in [0.29, 0.717) is 31.9 Å². The first-order valence-corrected chi connectivity index (χ1v) is 8.53. The molecule has 1 saturated heterocycles. The van der Waals surface area contributed by atoms with Crippen LogP contribution in [-0.2, 0) is 14.3 Å². The zero-order valence-electron chi connectivity index (χ0n) is 14.8. The van der Waals surface area contributed by atoms with Gasteiger partial charge in [0.2, 0.25) is 5.91 Å². The Morgan fingerprint density at radius 3 is 2.76 bits per heavy atom. The summed E-state index contributed by atoms with van der Waals surface area (Å²) in [6.07, 6.45) is 2.47. The average Bonchev–Trinajstić information content (AvgIpc) is 3.01. The van der Waals surface area contributed by atoms with Crippen molar-refractivity contribution in [3.8, 4) is 0 Å². The van der Waals surface area contributed by atoms with Gasteiger partial charge in [0.25, 0.3) is 0 Å². The number of methoxy groups -OCH3 is 1. The van der Waals surface area contributed by atoms with Crippen molar-refractivity contribution in [2.75, 3.05) is 32.1 Å². The van der Waals surface area contributed by atoms with Gasteiger partial charge in [-0.05, 0) is 25.0 Å². The average molecular weight is 346 g/mol. The first-order valence-electron chi connectivity index (χ1n) is 8.53. The van der Waals surface area contributed by atoms with Crippen LogP contribution in [0.1, 0.15) is 25.7 Å². The molecule has 1 aromatic rings. The summed E-state index contributed by atoms with van der Waals surface area (Å²) >= 11 is 0. The van der Waals surface area contributed by atoms with Gasteiger partial charge in [-0.1, -0.05) is 18.2 Å². The topological polar surface area (TPSA) is 83.0 Å². The van der Waals surface area contributed by atoms with Gasteiger partial charge in [0.1, 0.15) is 0 Å². The number of esters is 1. The number of ether oxygens (including phenoxy) is 1. The van der Waals surface area contributed by atoms with Crippen LogP contribution in [0.15, 0.2) is 35.3 Å². The molecule has 1 heterocycles. The lowest BCUT2D eigenvalue weighted by atomic mass is 10.2. The summed E-state index contributed by atoms with van der Waals surface area (Å²) in [6.45, 7) is 1.33. The van der Waals surface area contributed by atoms with Crippen LogP contribution in [0.25, 0.3) is 0 Å². The predicted octanol–water partition coefficient (Wildman–Crippen LogP) is 1.30. The molecule has 1 aromatic carbocycles. The number of unbranched alkanes of at least 4 members (excludes halogenated alkanes) is 1. The Morgan fingerprint density at radius 1 is 1.32 bits per heavy atom. The molecule has 1 unspecified atom stereocenters. The molecule has 2 N–H and O–H groups in total. The number of rotatable bonds is 7. The fourth-order valence-electron chi connectivity index (χ4n) is 2.75. The molecule has 7 nitrogen and oxygen atoms in total. The number of benzene rings is 1. The molecule has 7 heteroatoms. The Labute approximate surface area is 148 Å². The smallest absolute Gasteiger partial charge is 0.305 e. The summed E-state index contributed by atoms with van der Waals surface area (Å²) in [7, 11) is 3.10. The van der Waals surface area contributed by atoms with Gasteiger partial charge in [0, 0.05) is 38.7 Å². The largest absolute Gasteiger partial charge is 0.469 e. The highest BCUT2D eigenvalue weighted by Crippen LogP contribution is 2.20. The van der Waals surface area contributed by atoms with Crippen molar-refractivity contribution >= 4 is 23.5 Å². The number of anilines is 1. The molecule has 0 saturated carbocycles. The lowest BCUT2D eigenvalue weighted by Gasteiger charge is -2.19. The van der Waals surface area contributed by atoms with Crippen LogP contribution < -0.4 is 15.5 Å². The van der Waals surface area contributed by atoms with Crippen LogP contribution in [0.4, 0.5) is 5.69 Å². The molecule has 0 aromatic heterocycles. The van der Waals surface area contributed by atoms with E-state index < -0.39 is 0 Å². The van der Waals surface area contributed by atoms with E-state index >= 15 is 0 Å². The van der Waals surface area contributed by atoms with Crippen LogP contribution in [0.2, 0.25) is 0 Å². The summed E-state index contributed by atoms with van der Waals surface area (Å²) in [5.74, 6) is 0.594. The number of nitrogens with one attached hydrogen (secondary N) is 2. The van der Waals surface area contributed by atoms with Crippen molar-refractivity contribution in [3.05, 3.63) is 30.3 Å². The van der Waals surface area contributed by atoms with E-state index in [0.717, 1.165) is 18.5 Å². The summed E-state index contributed by atoms with van der Waals surface area (Å²) in [5, 5.41) is 6.51. The van der Waals surface area contributed by atoms with Gasteiger partial charge in [0.15, 0.2) is 5.96 Å². The highest BCUT2D eigenvalue weighted by atomic mass is 16.5. The van der Waals surface area contributed by atoms with Gasteiger partial charge < -0.3 is 20.3 Å². The number of hydrogen-bond acceptors (Lipinski definition) is 4. The van der Waals surface area contributed by atoms with Crippen LogP contribution >= 0.6 is 0 Å². The lowest BCUT2D eigenvalue weighted by Crippen LogP contribution is -2.44. The Kier molecular flexibility index (Phi) is 7.25. The second-order valence-corrected chi connectivity index (χ2v) is 5.92. The molecule has 1 fully saturated rings. The van der Waals surface area contributed by atoms with Gasteiger partial charge in [-0.2, -0.15) is 0 Å². The Morgan fingerprint density at radius 2 is 2.08 bits per heavy atom. The SMILES string of the molecule is CN=C(NCCCCC(=O)OC)NC1CC(=O)N(c2ccccc2)C1. The Balaban J connectivity index is 1.75. The van der Waals surface area contributed by atoms with Crippen LogP contribution in [0.3, 0.4) is 0 Å². The molecule has 1 amide bonds. The monoisotopic (exact) mass is 346 g/mol. The molecule has 136 valence electrons. The second kappa shape index (κ2) is 9.66. The molecule has 25 heavy (non-hydrogen) atoms. The molecule has 0 spiro atoms. The van der Waals surface area contributed by atoms with E-state index in [1.807, 2.05) is 30.3 Å². The summed E-state index contributed by atoms with van der Waals surface area (Å²) in [6, 6.07) is 9.69. The molecule has 2 rings (SSSR count). The molecule has 0 aliphatic carbocycles. The molecular formula is C18H26N4O3. The molecular weight excluding hydrogens is 320 g/mol. The van der Waals surface area contributed by atoms with Crippen molar-refractivity contribution in [3.63, 3.8) is 0 Å². The highest BCUT2D eigenvalue weighted by molar-refractivity contribution is 5.97. The quantitative estimate of drug-likeness (QED) is 0.337. The lowest BCUT2D eigenvalue weighted by molar-refractivity contribution is -0.140. The zero-order valence-corrected chi connectivity index (χ0v) is 14.8. The normalized spacial score (nSPS) is 17.5. The maximum absolute atomic E-state index is 12.2. The maximum Gasteiger partial charge on any atom is 0.305 e. The van der Waals surface area contributed by atoms with Crippen molar-refractivity contribution in [2.45, 2.75) is 31.7 Å². The predicted molar refractivity (Wildman–Crippen MR) is 97.6 cm³/mol. The highest BCUT2D eigenvalue weighted by Gasteiger charge is 2.30. The number of amides is 1. The fourth-order valence-corrected chi connectivity index (χ4v) is 2.75. The maximum atomic E-state index is 12.2. The van der Waals surface area contributed by atoms with Gasteiger partial charge in [-0.25, -0.2) is 0 Å². The number of para-hydroxylation sites is 1. The Bertz CT molecular complexity index is 604. The van der Waals surface area contributed by atoms with E-state index in [4.69, 9.17) is 0 Å². The minimum Gasteiger partial charge on any atom is -0.469 e. The number of carbonyl (C=O) groups is 2. The summed E-state index contributed by atoms with van der Waals surface area (Å²) < 4.78 is 4.61. The fraction of sp³-hybridized carbons (Fsp3) is 0.500. The van der Waals surface area contributed by atoms with Crippen LogP contribution in [0.5, 0.6) is 0 Å². The van der Waals surface area contributed by atoms with Crippen molar-refractivity contribution in [1.82, 2.24) is 10.6 Å². The number of guanidine groups is 1. The molecule has 1 atom stereocenters. The minimum absolute atomic E-state index is 0.0222. The Hall–Kier alpha value is -2.57.